The number of aromatic nitrogens is 1. The Hall–Kier alpha value is -3.52. The van der Waals surface area contributed by atoms with Gasteiger partial charge in [0.2, 0.25) is 0 Å². The molecule has 0 bridgehead atoms. The standard InChI is InChI=1S/C24H23FN2O5/c1-31-24(30)20-13-19(23(29)27-7-2-9-32-10-8-27)18-12-16(14-26-21(18)22(20)28)11-15-3-5-17(25)6-4-15/h3-6,12-14,28H,2,7-11H2,1H3. The van der Waals surface area contributed by atoms with Crippen molar-refractivity contribution in [2.45, 2.75) is 12.8 Å². The Bertz CT molecular complexity index is 1160. The molecule has 1 aliphatic rings. The largest absolute Gasteiger partial charge is 0.505 e. The number of pyridine rings is 1. The van der Waals surface area contributed by atoms with Gasteiger partial charge in [0.1, 0.15) is 16.9 Å². The summed E-state index contributed by atoms with van der Waals surface area (Å²) < 4.78 is 23.4. The lowest BCUT2D eigenvalue weighted by molar-refractivity contribution is 0.0597. The molecule has 1 fully saturated rings. The summed E-state index contributed by atoms with van der Waals surface area (Å²) in [4.78, 5) is 31.7. The molecule has 1 saturated heterocycles. The number of methoxy groups -OCH3 is 1. The first-order chi connectivity index (χ1) is 15.5. The van der Waals surface area contributed by atoms with Gasteiger partial charge in [-0.15, -0.1) is 0 Å². The molecule has 0 saturated carbocycles. The Labute approximate surface area is 184 Å². The summed E-state index contributed by atoms with van der Waals surface area (Å²) in [6.07, 6.45) is 2.74. The Morgan fingerprint density at radius 3 is 2.66 bits per heavy atom. The molecule has 3 aromatic rings. The summed E-state index contributed by atoms with van der Waals surface area (Å²) >= 11 is 0. The van der Waals surface area contributed by atoms with E-state index < -0.39 is 5.97 Å². The number of carbonyl (C=O) groups excluding carboxylic acids is 2. The average Bonchev–Trinajstić information content (AvgIpc) is 3.10. The van der Waals surface area contributed by atoms with E-state index in [0.29, 0.717) is 44.5 Å². The molecular formula is C24H23FN2O5. The Balaban J connectivity index is 1.81. The maximum absolute atomic E-state index is 13.4. The number of esters is 1. The van der Waals surface area contributed by atoms with E-state index >= 15 is 0 Å². The van der Waals surface area contributed by atoms with Crippen LogP contribution >= 0.6 is 0 Å². The van der Waals surface area contributed by atoms with Gasteiger partial charge in [0.05, 0.1) is 19.3 Å². The van der Waals surface area contributed by atoms with Crippen LogP contribution in [0.15, 0.2) is 42.6 Å². The number of amides is 1. The minimum absolute atomic E-state index is 0.117. The second kappa shape index (κ2) is 9.32. The molecule has 2 heterocycles. The van der Waals surface area contributed by atoms with E-state index in [9.17, 15) is 19.1 Å². The van der Waals surface area contributed by atoms with Crippen LogP contribution in [0, 0.1) is 5.82 Å². The molecule has 1 aromatic heterocycles. The molecule has 7 nitrogen and oxygen atoms in total. The summed E-state index contributed by atoms with van der Waals surface area (Å²) in [5.74, 6) is -1.68. The SMILES string of the molecule is COC(=O)c1cc(C(=O)N2CCCOCC2)c2cc(Cc3ccc(F)cc3)cnc2c1O. The molecule has 0 unspecified atom stereocenters. The van der Waals surface area contributed by atoms with Crippen molar-refractivity contribution >= 4 is 22.8 Å². The van der Waals surface area contributed by atoms with E-state index in [0.717, 1.165) is 11.1 Å². The highest BCUT2D eigenvalue weighted by atomic mass is 19.1. The van der Waals surface area contributed by atoms with E-state index in [4.69, 9.17) is 9.47 Å². The third-order valence-electron chi connectivity index (χ3n) is 5.47. The summed E-state index contributed by atoms with van der Waals surface area (Å²) in [6.45, 7) is 1.96. The molecular weight excluding hydrogens is 415 g/mol. The van der Waals surface area contributed by atoms with Gasteiger partial charge in [-0.05, 0) is 48.2 Å². The van der Waals surface area contributed by atoms with Crippen LogP contribution in [-0.2, 0) is 15.9 Å². The first kappa shape index (κ1) is 21.7. The second-order valence-corrected chi connectivity index (χ2v) is 7.61. The number of hydrogen-bond donors (Lipinski definition) is 1. The first-order valence-electron chi connectivity index (χ1n) is 10.3. The van der Waals surface area contributed by atoms with Crippen molar-refractivity contribution in [3.8, 4) is 5.75 Å². The van der Waals surface area contributed by atoms with Gasteiger partial charge >= 0.3 is 5.97 Å². The number of nitrogens with zero attached hydrogens (tertiary/aromatic N) is 2. The van der Waals surface area contributed by atoms with Crippen molar-refractivity contribution in [3.63, 3.8) is 0 Å². The molecule has 0 aliphatic carbocycles. The lowest BCUT2D eigenvalue weighted by atomic mass is 9.98. The highest BCUT2D eigenvalue weighted by Gasteiger charge is 2.25. The lowest BCUT2D eigenvalue weighted by Gasteiger charge is -2.21. The summed E-state index contributed by atoms with van der Waals surface area (Å²) in [6, 6.07) is 9.26. The number of fused-ring (bicyclic) bond motifs is 1. The molecule has 0 radical (unpaired) electrons. The van der Waals surface area contributed by atoms with Gasteiger partial charge in [-0.1, -0.05) is 12.1 Å². The van der Waals surface area contributed by atoms with Gasteiger partial charge in [0.15, 0.2) is 5.75 Å². The van der Waals surface area contributed by atoms with Gasteiger partial charge in [-0.3, -0.25) is 9.78 Å². The zero-order valence-corrected chi connectivity index (χ0v) is 17.6. The van der Waals surface area contributed by atoms with Gasteiger partial charge < -0.3 is 19.5 Å². The highest BCUT2D eigenvalue weighted by molar-refractivity contribution is 6.11. The third-order valence-corrected chi connectivity index (χ3v) is 5.47. The summed E-state index contributed by atoms with van der Waals surface area (Å²) in [5.41, 5.74) is 1.94. The maximum Gasteiger partial charge on any atom is 0.341 e. The van der Waals surface area contributed by atoms with Crippen LogP contribution in [0.2, 0.25) is 0 Å². The van der Waals surface area contributed by atoms with Crippen molar-refractivity contribution < 1.29 is 28.6 Å². The van der Waals surface area contributed by atoms with Crippen LogP contribution in [0.4, 0.5) is 4.39 Å². The molecule has 8 heteroatoms. The zero-order chi connectivity index (χ0) is 22.7. The number of phenols is 1. The predicted octanol–water partition coefficient (Wildman–Crippen LogP) is 3.32. The fraction of sp³-hybridized carbons (Fsp3) is 0.292. The Morgan fingerprint density at radius 2 is 1.91 bits per heavy atom. The molecule has 1 N–H and O–H groups in total. The average molecular weight is 438 g/mol. The fourth-order valence-corrected chi connectivity index (χ4v) is 3.82. The molecule has 166 valence electrons. The molecule has 0 atom stereocenters. The normalized spacial score (nSPS) is 14.2. The number of benzene rings is 2. The summed E-state index contributed by atoms with van der Waals surface area (Å²) in [5, 5.41) is 11.1. The fourth-order valence-electron chi connectivity index (χ4n) is 3.82. The van der Waals surface area contributed by atoms with Crippen molar-refractivity contribution in [1.29, 1.82) is 0 Å². The van der Waals surface area contributed by atoms with Crippen molar-refractivity contribution in [1.82, 2.24) is 9.88 Å². The molecule has 32 heavy (non-hydrogen) atoms. The topological polar surface area (TPSA) is 89.0 Å². The summed E-state index contributed by atoms with van der Waals surface area (Å²) in [7, 11) is 1.21. The number of rotatable bonds is 4. The van der Waals surface area contributed by atoms with Gasteiger partial charge in [0, 0.05) is 31.3 Å². The van der Waals surface area contributed by atoms with E-state index in [-0.39, 0.29) is 34.1 Å². The minimum Gasteiger partial charge on any atom is -0.505 e. The monoisotopic (exact) mass is 438 g/mol. The Kier molecular flexibility index (Phi) is 6.32. The van der Waals surface area contributed by atoms with Crippen LogP contribution in [0.1, 0.15) is 38.3 Å². The quantitative estimate of drug-likeness (QED) is 0.629. The lowest BCUT2D eigenvalue weighted by Crippen LogP contribution is -2.33. The Morgan fingerprint density at radius 1 is 1.12 bits per heavy atom. The molecule has 1 aliphatic heterocycles. The number of aromatic hydroxyl groups is 1. The van der Waals surface area contributed by atoms with Crippen LogP contribution in [0.25, 0.3) is 10.9 Å². The van der Waals surface area contributed by atoms with Gasteiger partial charge in [-0.2, -0.15) is 0 Å². The van der Waals surface area contributed by atoms with Crippen molar-refractivity contribution in [2.75, 3.05) is 33.4 Å². The first-order valence-corrected chi connectivity index (χ1v) is 10.3. The highest BCUT2D eigenvalue weighted by Crippen LogP contribution is 2.32. The number of halogens is 1. The van der Waals surface area contributed by atoms with Crippen molar-refractivity contribution in [3.05, 3.63) is 70.7 Å². The van der Waals surface area contributed by atoms with Crippen molar-refractivity contribution in [2.24, 2.45) is 0 Å². The third kappa shape index (κ3) is 4.40. The molecule has 2 aromatic carbocycles. The number of ether oxygens (including phenoxy) is 2. The molecule has 1 amide bonds. The number of phenolic OH excluding ortho intramolecular Hbond substituents is 1. The zero-order valence-electron chi connectivity index (χ0n) is 17.6. The maximum atomic E-state index is 13.4. The number of hydrogen-bond acceptors (Lipinski definition) is 6. The van der Waals surface area contributed by atoms with Crippen LogP contribution in [-0.4, -0.2) is 60.3 Å². The van der Waals surface area contributed by atoms with E-state index in [1.807, 2.05) is 0 Å². The van der Waals surface area contributed by atoms with E-state index in [1.54, 1.807) is 29.3 Å². The number of carbonyl (C=O) groups is 2. The van der Waals surface area contributed by atoms with Crippen LogP contribution in [0.3, 0.4) is 0 Å². The van der Waals surface area contributed by atoms with Gasteiger partial charge in [0.25, 0.3) is 5.91 Å². The minimum atomic E-state index is -0.755. The molecule has 4 rings (SSSR count). The predicted molar refractivity (Wildman–Crippen MR) is 115 cm³/mol. The second-order valence-electron chi connectivity index (χ2n) is 7.61. The van der Waals surface area contributed by atoms with E-state index in [1.165, 1.54) is 25.3 Å². The molecule has 0 spiro atoms. The van der Waals surface area contributed by atoms with Gasteiger partial charge in [-0.25, -0.2) is 9.18 Å². The van der Waals surface area contributed by atoms with Crippen LogP contribution in [0.5, 0.6) is 5.75 Å². The van der Waals surface area contributed by atoms with Crippen LogP contribution < -0.4 is 0 Å². The smallest absolute Gasteiger partial charge is 0.341 e. The van der Waals surface area contributed by atoms with E-state index in [2.05, 4.69) is 4.98 Å².